The van der Waals surface area contributed by atoms with E-state index in [0.29, 0.717) is 11.9 Å². The number of carbonyl (C=O) groups is 1. The summed E-state index contributed by atoms with van der Waals surface area (Å²) >= 11 is 1.73. The van der Waals surface area contributed by atoms with Gasteiger partial charge >= 0.3 is 0 Å². The molecule has 0 bridgehead atoms. The minimum atomic E-state index is 0. The lowest BCUT2D eigenvalue weighted by molar-refractivity contribution is -0.131. The van der Waals surface area contributed by atoms with Gasteiger partial charge in [0.1, 0.15) is 0 Å². The van der Waals surface area contributed by atoms with Crippen molar-refractivity contribution in [3.63, 3.8) is 0 Å². The van der Waals surface area contributed by atoms with E-state index in [2.05, 4.69) is 30.4 Å². The van der Waals surface area contributed by atoms with Crippen LogP contribution in [-0.4, -0.2) is 41.7 Å². The Labute approximate surface area is 124 Å². The SMILES string of the molecule is C[C@@H]1CN(C(=O)C2Cc3ccccc3S2)CCN1.Cl. The maximum absolute atomic E-state index is 12.5. The lowest BCUT2D eigenvalue weighted by atomic mass is 10.1. The van der Waals surface area contributed by atoms with Gasteiger partial charge in [0.15, 0.2) is 0 Å². The predicted octanol–water partition coefficient (Wildman–Crippen LogP) is 1.95. The quantitative estimate of drug-likeness (QED) is 0.860. The molecule has 2 aliphatic heterocycles. The summed E-state index contributed by atoms with van der Waals surface area (Å²) in [5.74, 6) is 0.310. The molecule has 0 saturated carbocycles. The average molecular weight is 299 g/mol. The highest BCUT2D eigenvalue weighted by atomic mass is 35.5. The number of fused-ring (bicyclic) bond motifs is 1. The van der Waals surface area contributed by atoms with Crippen molar-refractivity contribution in [1.29, 1.82) is 0 Å². The first-order valence-electron chi connectivity index (χ1n) is 6.51. The molecule has 3 rings (SSSR count). The number of rotatable bonds is 1. The van der Waals surface area contributed by atoms with Crippen molar-refractivity contribution in [1.82, 2.24) is 10.2 Å². The summed E-state index contributed by atoms with van der Waals surface area (Å²) in [4.78, 5) is 15.8. The molecule has 1 aromatic carbocycles. The van der Waals surface area contributed by atoms with Crippen molar-refractivity contribution in [3.05, 3.63) is 29.8 Å². The van der Waals surface area contributed by atoms with Gasteiger partial charge in [-0.2, -0.15) is 0 Å². The summed E-state index contributed by atoms with van der Waals surface area (Å²) in [6.45, 7) is 4.73. The molecule has 0 radical (unpaired) electrons. The van der Waals surface area contributed by atoms with Gasteiger partial charge in [-0.1, -0.05) is 18.2 Å². The summed E-state index contributed by atoms with van der Waals surface area (Å²) in [6.07, 6.45) is 0.887. The summed E-state index contributed by atoms with van der Waals surface area (Å²) in [5.41, 5.74) is 1.32. The number of nitrogens with zero attached hydrogens (tertiary/aromatic N) is 1. The second-order valence-electron chi connectivity index (χ2n) is 5.06. The first kappa shape index (κ1) is 14.7. The van der Waals surface area contributed by atoms with E-state index in [9.17, 15) is 4.79 Å². The largest absolute Gasteiger partial charge is 0.339 e. The van der Waals surface area contributed by atoms with Crippen LogP contribution in [0.5, 0.6) is 0 Å². The fraction of sp³-hybridized carbons (Fsp3) is 0.500. The second kappa shape index (κ2) is 6.16. The van der Waals surface area contributed by atoms with E-state index in [1.54, 1.807) is 11.8 Å². The Kier molecular flexibility index (Phi) is 4.76. The van der Waals surface area contributed by atoms with Crippen molar-refractivity contribution >= 4 is 30.1 Å². The van der Waals surface area contributed by atoms with Gasteiger partial charge in [-0.3, -0.25) is 4.79 Å². The molecular weight excluding hydrogens is 280 g/mol. The van der Waals surface area contributed by atoms with Crippen LogP contribution >= 0.6 is 24.2 Å². The number of benzene rings is 1. The van der Waals surface area contributed by atoms with Gasteiger partial charge in [0, 0.05) is 30.6 Å². The van der Waals surface area contributed by atoms with Crippen LogP contribution in [0, 0.1) is 0 Å². The fourth-order valence-corrected chi connectivity index (χ4v) is 3.94. The number of nitrogens with one attached hydrogen (secondary N) is 1. The molecule has 1 unspecified atom stereocenters. The molecule has 1 amide bonds. The van der Waals surface area contributed by atoms with E-state index < -0.39 is 0 Å². The molecule has 0 aliphatic carbocycles. The third-order valence-electron chi connectivity index (χ3n) is 3.60. The topological polar surface area (TPSA) is 32.3 Å². The zero-order chi connectivity index (χ0) is 12.5. The number of thioether (sulfide) groups is 1. The lowest BCUT2D eigenvalue weighted by Crippen LogP contribution is -2.53. The van der Waals surface area contributed by atoms with Crippen LogP contribution in [0.15, 0.2) is 29.2 Å². The molecule has 2 aliphatic rings. The van der Waals surface area contributed by atoms with E-state index in [1.165, 1.54) is 10.5 Å². The van der Waals surface area contributed by atoms with Crippen molar-refractivity contribution in [3.8, 4) is 0 Å². The summed E-state index contributed by atoms with van der Waals surface area (Å²) in [5, 5.41) is 3.46. The highest BCUT2D eigenvalue weighted by Gasteiger charge is 2.32. The Balaban J connectivity index is 0.00000133. The van der Waals surface area contributed by atoms with Gasteiger partial charge in [0.2, 0.25) is 5.91 Å². The van der Waals surface area contributed by atoms with Gasteiger partial charge < -0.3 is 10.2 Å². The maximum atomic E-state index is 12.5. The van der Waals surface area contributed by atoms with Crippen LogP contribution in [0.1, 0.15) is 12.5 Å². The normalized spacial score (nSPS) is 25.6. The van der Waals surface area contributed by atoms with Gasteiger partial charge in [-0.15, -0.1) is 24.2 Å². The first-order chi connectivity index (χ1) is 8.74. The maximum Gasteiger partial charge on any atom is 0.236 e. The zero-order valence-electron chi connectivity index (χ0n) is 11.0. The average Bonchev–Trinajstić information content (AvgIpc) is 2.81. The zero-order valence-corrected chi connectivity index (χ0v) is 12.6. The third-order valence-corrected chi connectivity index (χ3v) is 4.91. The van der Waals surface area contributed by atoms with E-state index in [0.717, 1.165) is 26.1 Å². The molecule has 2 atom stereocenters. The fourth-order valence-electron chi connectivity index (χ4n) is 2.66. The molecule has 1 saturated heterocycles. The van der Waals surface area contributed by atoms with Crippen molar-refractivity contribution in [2.45, 2.75) is 29.5 Å². The molecule has 2 heterocycles. The molecule has 0 spiro atoms. The van der Waals surface area contributed by atoms with Crippen LogP contribution in [0.25, 0.3) is 0 Å². The number of amides is 1. The molecule has 5 heteroatoms. The number of hydrogen-bond donors (Lipinski definition) is 1. The van der Waals surface area contributed by atoms with Crippen LogP contribution in [0.3, 0.4) is 0 Å². The molecule has 1 fully saturated rings. The van der Waals surface area contributed by atoms with Gasteiger partial charge in [0.25, 0.3) is 0 Å². The van der Waals surface area contributed by atoms with E-state index >= 15 is 0 Å². The van der Waals surface area contributed by atoms with Crippen molar-refractivity contribution < 1.29 is 4.79 Å². The number of carbonyl (C=O) groups excluding carboxylic acids is 1. The predicted molar refractivity (Wildman–Crippen MR) is 81.1 cm³/mol. The first-order valence-corrected chi connectivity index (χ1v) is 7.39. The number of halogens is 1. The second-order valence-corrected chi connectivity index (χ2v) is 6.30. The smallest absolute Gasteiger partial charge is 0.236 e. The highest BCUT2D eigenvalue weighted by molar-refractivity contribution is 8.01. The summed E-state index contributed by atoms with van der Waals surface area (Å²) in [7, 11) is 0. The Hall–Kier alpha value is -0.710. The molecule has 0 aromatic heterocycles. The monoisotopic (exact) mass is 298 g/mol. The number of hydrogen-bond acceptors (Lipinski definition) is 3. The molecule has 3 nitrogen and oxygen atoms in total. The van der Waals surface area contributed by atoms with E-state index in [1.807, 2.05) is 11.0 Å². The van der Waals surface area contributed by atoms with Crippen LogP contribution in [0.2, 0.25) is 0 Å². The standard InChI is InChI=1S/C14H18N2OS.ClH/c1-10-9-16(7-6-15-10)14(17)13-8-11-4-2-3-5-12(11)18-13;/h2-5,10,13,15H,6-9H2,1H3;1H/t10-,13?;/m1./s1. The Morgan fingerprint density at radius 2 is 2.21 bits per heavy atom. The highest BCUT2D eigenvalue weighted by Crippen LogP contribution is 2.37. The van der Waals surface area contributed by atoms with E-state index in [4.69, 9.17) is 0 Å². The Morgan fingerprint density at radius 1 is 1.42 bits per heavy atom. The lowest BCUT2D eigenvalue weighted by Gasteiger charge is -2.33. The van der Waals surface area contributed by atoms with E-state index in [-0.39, 0.29) is 17.7 Å². The minimum Gasteiger partial charge on any atom is -0.339 e. The van der Waals surface area contributed by atoms with Crippen molar-refractivity contribution in [2.75, 3.05) is 19.6 Å². The minimum absolute atomic E-state index is 0. The molecule has 1 N–H and O–H groups in total. The third kappa shape index (κ3) is 3.07. The summed E-state index contributed by atoms with van der Waals surface area (Å²) in [6, 6.07) is 8.77. The molecular formula is C14H19ClN2OS. The molecule has 104 valence electrons. The van der Waals surface area contributed by atoms with Gasteiger partial charge in [0.05, 0.1) is 5.25 Å². The Bertz CT molecular complexity index is 444. The summed E-state index contributed by atoms with van der Waals surface area (Å²) < 4.78 is 0. The van der Waals surface area contributed by atoms with Crippen LogP contribution in [0.4, 0.5) is 0 Å². The number of piperazine rings is 1. The Morgan fingerprint density at radius 3 is 2.95 bits per heavy atom. The van der Waals surface area contributed by atoms with Gasteiger partial charge in [-0.25, -0.2) is 0 Å². The van der Waals surface area contributed by atoms with Crippen LogP contribution in [-0.2, 0) is 11.2 Å². The van der Waals surface area contributed by atoms with Crippen LogP contribution < -0.4 is 5.32 Å². The molecule has 1 aromatic rings. The van der Waals surface area contributed by atoms with Gasteiger partial charge in [-0.05, 0) is 25.0 Å². The molecule has 19 heavy (non-hydrogen) atoms. The van der Waals surface area contributed by atoms with Crippen molar-refractivity contribution in [2.24, 2.45) is 0 Å².